The van der Waals surface area contributed by atoms with Crippen molar-refractivity contribution in [3.63, 3.8) is 0 Å². The predicted octanol–water partition coefficient (Wildman–Crippen LogP) is -0.0917. The molecule has 0 atom stereocenters. The van der Waals surface area contributed by atoms with E-state index in [1.54, 1.807) is 6.07 Å². The number of aliphatic hydroxyl groups is 1. The predicted molar refractivity (Wildman–Crippen MR) is 32.2 cm³/mol. The Kier molecular flexibility index (Phi) is 2.17. The van der Waals surface area contributed by atoms with Gasteiger partial charge in [-0.2, -0.15) is 0 Å². The van der Waals surface area contributed by atoms with E-state index in [0.717, 1.165) is 6.29 Å². The molecule has 0 saturated heterocycles. The van der Waals surface area contributed by atoms with Crippen LogP contribution in [0.4, 0.5) is 0 Å². The number of hydrogen-bond acceptors (Lipinski definition) is 4. The average molecular weight is 141 g/mol. The van der Waals surface area contributed by atoms with Crippen molar-refractivity contribution in [2.45, 2.75) is 13.0 Å². The molecule has 4 nitrogen and oxygen atoms in total. The van der Waals surface area contributed by atoms with Gasteiger partial charge in [0.05, 0.1) is 13.0 Å². The van der Waals surface area contributed by atoms with Crippen molar-refractivity contribution < 1.29 is 14.4 Å². The van der Waals surface area contributed by atoms with Crippen LogP contribution in [-0.4, -0.2) is 16.5 Å². The van der Waals surface area contributed by atoms with Crippen molar-refractivity contribution in [1.29, 1.82) is 0 Å². The summed E-state index contributed by atoms with van der Waals surface area (Å²) in [4.78, 5) is 9.92. The molecule has 0 aliphatic carbocycles. The number of carbonyl (C=O) groups excluding carboxylic acids is 1. The number of aromatic nitrogens is 1. The molecule has 1 N–H and O–H groups in total. The Hall–Kier alpha value is -1.16. The first-order valence-corrected chi connectivity index (χ1v) is 2.85. The molecule has 10 heavy (non-hydrogen) atoms. The van der Waals surface area contributed by atoms with Gasteiger partial charge in [0.1, 0.15) is 17.7 Å². The average Bonchev–Trinajstić information content (AvgIpc) is 2.37. The summed E-state index contributed by atoms with van der Waals surface area (Å²) in [6.45, 7) is -0.150. The number of nitrogens with zero attached hydrogens (tertiary/aromatic N) is 1. The summed E-state index contributed by atoms with van der Waals surface area (Å²) in [7, 11) is 0. The van der Waals surface area contributed by atoms with Crippen molar-refractivity contribution in [2.75, 3.05) is 0 Å². The molecule has 0 amide bonds. The molecular weight excluding hydrogens is 134 g/mol. The molecule has 0 bridgehead atoms. The lowest BCUT2D eigenvalue weighted by atomic mass is 10.3. The van der Waals surface area contributed by atoms with Crippen LogP contribution < -0.4 is 0 Å². The Labute approximate surface area is 57.4 Å². The van der Waals surface area contributed by atoms with Gasteiger partial charge >= 0.3 is 0 Å². The highest BCUT2D eigenvalue weighted by molar-refractivity contribution is 5.53. The van der Waals surface area contributed by atoms with Crippen LogP contribution in [0.1, 0.15) is 11.5 Å². The first-order chi connectivity index (χ1) is 4.86. The van der Waals surface area contributed by atoms with E-state index in [2.05, 4.69) is 9.68 Å². The molecule has 4 heteroatoms. The summed E-state index contributed by atoms with van der Waals surface area (Å²) in [6.07, 6.45) is 0.939. The van der Waals surface area contributed by atoms with Crippen molar-refractivity contribution in [3.8, 4) is 0 Å². The molecule has 0 aliphatic heterocycles. The minimum absolute atomic E-state index is 0.150. The van der Waals surface area contributed by atoms with Crippen LogP contribution in [0.15, 0.2) is 10.6 Å². The second-order valence-electron chi connectivity index (χ2n) is 1.81. The van der Waals surface area contributed by atoms with Gasteiger partial charge in [0, 0.05) is 6.07 Å². The van der Waals surface area contributed by atoms with Crippen molar-refractivity contribution in [2.24, 2.45) is 0 Å². The fraction of sp³-hybridized carbons (Fsp3) is 0.333. The lowest BCUT2D eigenvalue weighted by molar-refractivity contribution is -0.107. The van der Waals surface area contributed by atoms with Gasteiger partial charge in [0.25, 0.3) is 0 Å². The Morgan fingerprint density at radius 3 is 3.10 bits per heavy atom. The van der Waals surface area contributed by atoms with Gasteiger partial charge in [0.15, 0.2) is 0 Å². The number of carbonyl (C=O) groups is 1. The second kappa shape index (κ2) is 3.12. The second-order valence-corrected chi connectivity index (χ2v) is 1.81. The SMILES string of the molecule is O=CCc1cc(CO)no1. The smallest absolute Gasteiger partial charge is 0.144 e. The van der Waals surface area contributed by atoms with Gasteiger partial charge in [-0.3, -0.25) is 0 Å². The zero-order valence-electron chi connectivity index (χ0n) is 5.28. The number of rotatable bonds is 3. The topological polar surface area (TPSA) is 63.3 Å². The largest absolute Gasteiger partial charge is 0.390 e. The molecule has 0 aromatic carbocycles. The Bertz CT molecular complexity index is 219. The fourth-order valence-electron chi connectivity index (χ4n) is 0.609. The van der Waals surface area contributed by atoms with Crippen LogP contribution in [0.3, 0.4) is 0 Å². The van der Waals surface area contributed by atoms with E-state index in [1.807, 2.05) is 0 Å². The third-order valence-electron chi connectivity index (χ3n) is 1.05. The molecule has 1 aromatic heterocycles. The van der Waals surface area contributed by atoms with Crippen LogP contribution in [0.5, 0.6) is 0 Å². The Balaban J connectivity index is 2.67. The van der Waals surface area contributed by atoms with Gasteiger partial charge in [0.2, 0.25) is 0 Å². The zero-order valence-corrected chi connectivity index (χ0v) is 5.28. The van der Waals surface area contributed by atoms with Crippen LogP contribution in [0.25, 0.3) is 0 Å². The van der Waals surface area contributed by atoms with Crippen LogP contribution >= 0.6 is 0 Å². The van der Waals surface area contributed by atoms with Gasteiger partial charge in [-0.25, -0.2) is 0 Å². The quantitative estimate of drug-likeness (QED) is 0.597. The van der Waals surface area contributed by atoms with E-state index in [1.165, 1.54) is 0 Å². The minimum atomic E-state index is -0.150. The summed E-state index contributed by atoms with van der Waals surface area (Å²) in [5.41, 5.74) is 0.455. The van der Waals surface area contributed by atoms with Crippen LogP contribution in [0, 0.1) is 0 Å². The molecule has 54 valence electrons. The van der Waals surface area contributed by atoms with E-state index < -0.39 is 0 Å². The summed E-state index contributed by atoms with van der Waals surface area (Å²) in [6, 6.07) is 1.55. The third kappa shape index (κ3) is 1.41. The Morgan fingerprint density at radius 1 is 1.80 bits per heavy atom. The lowest BCUT2D eigenvalue weighted by Crippen LogP contribution is -1.80. The number of aldehydes is 1. The van der Waals surface area contributed by atoms with Crippen molar-refractivity contribution in [1.82, 2.24) is 5.16 Å². The summed E-state index contributed by atoms with van der Waals surface area (Å²) in [5.74, 6) is 0.485. The maximum absolute atomic E-state index is 9.92. The van der Waals surface area contributed by atoms with Gasteiger partial charge in [-0.1, -0.05) is 5.16 Å². The first-order valence-electron chi connectivity index (χ1n) is 2.85. The standard InChI is InChI=1S/C6H7NO3/c8-2-1-6-3-5(4-9)7-10-6/h2-3,9H,1,4H2. The molecule has 0 saturated carbocycles. The monoisotopic (exact) mass is 141 g/mol. The van der Waals surface area contributed by atoms with Crippen molar-refractivity contribution in [3.05, 3.63) is 17.5 Å². The maximum Gasteiger partial charge on any atom is 0.144 e. The summed E-state index contributed by atoms with van der Waals surface area (Å²) < 4.78 is 4.65. The minimum Gasteiger partial charge on any atom is -0.390 e. The van der Waals surface area contributed by atoms with E-state index in [4.69, 9.17) is 5.11 Å². The van der Waals surface area contributed by atoms with Crippen LogP contribution in [0.2, 0.25) is 0 Å². The molecule has 0 aliphatic rings. The molecule has 1 rings (SSSR count). The lowest BCUT2D eigenvalue weighted by Gasteiger charge is -1.77. The molecule has 0 unspecified atom stereocenters. The molecular formula is C6H7NO3. The van der Waals surface area contributed by atoms with E-state index in [9.17, 15) is 4.79 Å². The third-order valence-corrected chi connectivity index (χ3v) is 1.05. The van der Waals surface area contributed by atoms with E-state index in [0.29, 0.717) is 11.5 Å². The summed E-state index contributed by atoms with van der Waals surface area (Å²) in [5, 5.41) is 12.0. The van der Waals surface area contributed by atoms with Gasteiger partial charge < -0.3 is 14.4 Å². The van der Waals surface area contributed by atoms with E-state index >= 15 is 0 Å². The molecule has 0 spiro atoms. The fourth-order valence-corrected chi connectivity index (χ4v) is 0.609. The van der Waals surface area contributed by atoms with E-state index in [-0.39, 0.29) is 13.0 Å². The number of aliphatic hydroxyl groups excluding tert-OH is 1. The zero-order chi connectivity index (χ0) is 7.40. The summed E-state index contributed by atoms with van der Waals surface area (Å²) >= 11 is 0. The normalized spacial score (nSPS) is 9.70. The van der Waals surface area contributed by atoms with Gasteiger partial charge in [-0.15, -0.1) is 0 Å². The van der Waals surface area contributed by atoms with Crippen LogP contribution in [-0.2, 0) is 17.8 Å². The maximum atomic E-state index is 9.92. The molecule has 1 heterocycles. The Morgan fingerprint density at radius 2 is 2.60 bits per heavy atom. The molecule has 0 fully saturated rings. The highest BCUT2D eigenvalue weighted by Gasteiger charge is 2.00. The number of hydrogen-bond donors (Lipinski definition) is 1. The van der Waals surface area contributed by atoms with Crippen molar-refractivity contribution >= 4 is 6.29 Å². The molecule has 1 aromatic rings. The molecule has 0 radical (unpaired) electrons. The van der Waals surface area contributed by atoms with Gasteiger partial charge in [-0.05, 0) is 0 Å². The highest BCUT2D eigenvalue weighted by atomic mass is 16.5. The highest BCUT2D eigenvalue weighted by Crippen LogP contribution is 2.02. The first kappa shape index (κ1) is 6.95.